The Morgan fingerprint density at radius 1 is 1.11 bits per heavy atom. The van der Waals surface area contributed by atoms with Crippen molar-refractivity contribution in [3.63, 3.8) is 0 Å². The van der Waals surface area contributed by atoms with Gasteiger partial charge in [0.15, 0.2) is 0 Å². The predicted octanol–water partition coefficient (Wildman–Crippen LogP) is 4.89. The largest absolute Gasteiger partial charge is 0.326 e. The summed E-state index contributed by atoms with van der Waals surface area (Å²) in [5.74, 6) is -9.09. The van der Waals surface area contributed by atoms with Gasteiger partial charge in [-0.3, -0.25) is 24.5 Å². The number of benzene rings is 2. The van der Waals surface area contributed by atoms with Crippen molar-refractivity contribution in [3.8, 4) is 0 Å². The molecule has 0 aromatic heterocycles. The first-order valence-electron chi connectivity index (χ1n) is 10.9. The van der Waals surface area contributed by atoms with Gasteiger partial charge in [0.05, 0.1) is 29.1 Å². The molecule has 0 aliphatic carbocycles. The van der Waals surface area contributed by atoms with Crippen LogP contribution in [0, 0.1) is 11.8 Å². The van der Waals surface area contributed by atoms with E-state index in [0.717, 1.165) is 11.9 Å². The second kappa shape index (κ2) is 8.93. The third kappa shape index (κ3) is 4.05. The Morgan fingerprint density at radius 2 is 1.73 bits per heavy atom. The van der Waals surface area contributed by atoms with Crippen molar-refractivity contribution in [1.29, 1.82) is 0 Å². The van der Waals surface area contributed by atoms with Crippen LogP contribution in [0.2, 0.25) is 20.1 Å². The van der Waals surface area contributed by atoms with Gasteiger partial charge in [0.25, 0.3) is 17.7 Å². The van der Waals surface area contributed by atoms with E-state index in [4.69, 9.17) is 46.4 Å². The first-order valence-corrected chi connectivity index (χ1v) is 12.5. The van der Waals surface area contributed by atoms with Gasteiger partial charge in [0, 0.05) is 45.8 Å². The van der Waals surface area contributed by atoms with Crippen LogP contribution in [-0.4, -0.2) is 58.4 Å². The summed E-state index contributed by atoms with van der Waals surface area (Å²) < 4.78 is 29.8. The summed E-state index contributed by atoms with van der Waals surface area (Å²) >= 11 is 24.6. The molecule has 4 atom stereocenters. The fourth-order valence-electron chi connectivity index (χ4n) is 5.85. The number of anilines is 2. The molecule has 3 aliphatic rings. The topological polar surface area (TPSA) is 102 Å². The minimum Gasteiger partial charge on any atom is -0.326 e. The van der Waals surface area contributed by atoms with Gasteiger partial charge in [-0.1, -0.05) is 46.4 Å². The molecule has 3 amide bonds. The zero-order chi connectivity index (χ0) is 27.0. The van der Waals surface area contributed by atoms with Crippen molar-refractivity contribution in [3.05, 3.63) is 56.0 Å². The van der Waals surface area contributed by atoms with Crippen LogP contribution in [0.3, 0.4) is 0 Å². The third-order valence-corrected chi connectivity index (χ3v) is 8.01. The van der Waals surface area contributed by atoms with Gasteiger partial charge < -0.3 is 10.6 Å². The Morgan fingerprint density at radius 3 is 2.35 bits per heavy atom. The minimum atomic E-state index is -3.28. The molecule has 3 heterocycles. The lowest BCUT2D eigenvalue weighted by molar-refractivity contribution is -0.171. The number of carbonyl (C=O) groups is 3. The molecule has 14 heteroatoms. The lowest BCUT2D eigenvalue weighted by atomic mass is 9.73. The zero-order valence-corrected chi connectivity index (χ0v) is 21.9. The van der Waals surface area contributed by atoms with E-state index in [9.17, 15) is 28.4 Å². The summed E-state index contributed by atoms with van der Waals surface area (Å²) in [5, 5.41) is 16.1. The highest BCUT2D eigenvalue weighted by molar-refractivity contribution is 6.38. The van der Waals surface area contributed by atoms with Crippen molar-refractivity contribution in [2.45, 2.75) is 23.9 Å². The summed E-state index contributed by atoms with van der Waals surface area (Å²) in [5.41, 5.74) is -1.79. The SMILES string of the molecule is CN(O)C(=O)C1C(C(=O)Nc2cc(Cl)cc(Cl)c2)C2CC(F)(F)CN2C12C(=O)Nc1c(Cl)cc(Cl)cc12. The van der Waals surface area contributed by atoms with Crippen molar-refractivity contribution < 1.29 is 28.4 Å². The van der Waals surface area contributed by atoms with Gasteiger partial charge in [0.1, 0.15) is 5.54 Å². The van der Waals surface area contributed by atoms with Gasteiger partial charge in [-0.2, -0.15) is 0 Å². The number of halogens is 6. The van der Waals surface area contributed by atoms with Gasteiger partial charge in [-0.25, -0.2) is 13.8 Å². The lowest BCUT2D eigenvalue weighted by Crippen LogP contribution is -2.56. The van der Waals surface area contributed by atoms with Crippen LogP contribution in [0.25, 0.3) is 0 Å². The van der Waals surface area contributed by atoms with Crippen LogP contribution < -0.4 is 10.6 Å². The maximum Gasteiger partial charge on any atom is 0.262 e. The molecule has 0 bridgehead atoms. The summed E-state index contributed by atoms with van der Waals surface area (Å²) in [6, 6.07) is 5.67. The monoisotopic (exact) mass is 592 g/mol. The maximum atomic E-state index is 14.9. The van der Waals surface area contributed by atoms with Gasteiger partial charge in [-0.05, 0) is 30.3 Å². The fourth-order valence-corrected chi connectivity index (χ4v) is 6.92. The number of rotatable bonds is 3. The highest BCUT2D eigenvalue weighted by Gasteiger charge is 2.74. The molecule has 8 nitrogen and oxygen atoms in total. The van der Waals surface area contributed by atoms with Crippen LogP contribution in [0.15, 0.2) is 30.3 Å². The number of alkyl halides is 2. The van der Waals surface area contributed by atoms with Crippen LogP contribution in [0.1, 0.15) is 12.0 Å². The van der Waals surface area contributed by atoms with Crippen LogP contribution in [0.5, 0.6) is 0 Å². The molecular weight excluding hydrogens is 576 g/mol. The van der Waals surface area contributed by atoms with E-state index >= 15 is 0 Å². The first kappa shape index (κ1) is 26.4. The summed E-state index contributed by atoms with van der Waals surface area (Å²) in [4.78, 5) is 42.1. The first-order chi connectivity index (χ1) is 17.3. The summed E-state index contributed by atoms with van der Waals surface area (Å²) in [6.07, 6.45) is -0.807. The summed E-state index contributed by atoms with van der Waals surface area (Å²) in [6.45, 7) is -0.916. The Bertz CT molecular complexity index is 1340. The highest BCUT2D eigenvalue weighted by atomic mass is 35.5. The fraction of sp³-hybridized carbons (Fsp3) is 0.348. The van der Waals surface area contributed by atoms with Gasteiger partial charge in [0.2, 0.25) is 5.91 Å². The predicted molar refractivity (Wildman–Crippen MR) is 133 cm³/mol. The lowest BCUT2D eigenvalue weighted by Gasteiger charge is -2.37. The van der Waals surface area contributed by atoms with Crippen LogP contribution in [-0.2, 0) is 19.9 Å². The van der Waals surface area contributed by atoms with Crippen molar-refractivity contribution in [1.82, 2.24) is 9.96 Å². The molecule has 3 N–H and O–H groups in total. The molecule has 2 aromatic rings. The molecule has 3 aliphatic heterocycles. The quantitative estimate of drug-likeness (QED) is 0.347. The molecule has 5 rings (SSSR count). The van der Waals surface area contributed by atoms with Gasteiger partial charge in [-0.15, -0.1) is 0 Å². The smallest absolute Gasteiger partial charge is 0.262 e. The number of hydroxylamine groups is 2. The van der Waals surface area contributed by atoms with Crippen molar-refractivity contribution in [2.75, 3.05) is 24.2 Å². The molecular formula is C23H18Cl4F2N4O4. The highest BCUT2D eigenvalue weighted by Crippen LogP contribution is 2.61. The van der Waals surface area contributed by atoms with Crippen LogP contribution >= 0.6 is 46.4 Å². The molecule has 1 spiro atoms. The van der Waals surface area contributed by atoms with Crippen molar-refractivity contribution in [2.24, 2.45) is 11.8 Å². The molecule has 37 heavy (non-hydrogen) atoms. The zero-order valence-electron chi connectivity index (χ0n) is 18.9. The molecule has 0 radical (unpaired) electrons. The normalized spacial score (nSPS) is 27.7. The number of hydrogen-bond acceptors (Lipinski definition) is 5. The number of hydrogen-bond donors (Lipinski definition) is 3. The Labute approximate surface area is 229 Å². The number of nitrogens with one attached hydrogen (secondary N) is 2. The number of fused-ring (bicyclic) bond motifs is 4. The molecule has 0 saturated carbocycles. The van der Waals surface area contributed by atoms with E-state index in [-0.39, 0.29) is 42.1 Å². The van der Waals surface area contributed by atoms with E-state index in [2.05, 4.69) is 10.6 Å². The molecule has 2 saturated heterocycles. The average Bonchev–Trinajstić information content (AvgIpc) is 3.33. The third-order valence-electron chi connectivity index (χ3n) is 7.05. The van der Waals surface area contributed by atoms with E-state index in [0.29, 0.717) is 0 Å². The second-order valence-corrected chi connectivity index (χ2v) is 11.0. The van der Waals surface area contributed by atoms with E-state index in [1.165, 1.54) is 30.3 Å². The minimum absolute atomic E-state index is 0.0280. The van der Waals surface area contributed by atoms with E-state index in [1.54, 1.807) is 0 Å². The molecule has 2 fully saturated rings. The number of nitrogens with zero attached hydrogens (tertiary/aromatic N) is 2. The van der Waals surface area contributed by atoms with E-state index in [1.807, 2.05) is 0 Å². The summed E-state index contributed by atoms with van der Waals surface area (Å²) in [7, 11) is 1.03. The molecule has 2 aromatic carbocycles. The second-order valence-electron chi connectivity index (χ2n) is 9.30. The van der Waals surface area contributed by atoms with Gasteiger partial charge >= 0.3 is 0 Å². The number of carbonyl (C=O) groups excluding carboxylic acids is 3. The van der Waals surface area contributed by atoms with Crippen LogP contribution in [0.4, 0.5) is 20.2 Å². The van der Waals surface area contributed by atoms with Crippen molar-refractivity contribution >= 4 is 75.5 Å². The molecule has 4 unspecified atom stereocenters. The Balaban J connectivity index is 1.72. The van der Waals surface area contributed by atoms with E-state index < -0.39 is 60.0 Å². The Kier molecular flexibility index (Phi) is 6.37. The molecule has 196 valence electrons. The Hall–Kier alpha value is -2.21. The maximum absolute atomic E-state index is 14.9. The average molecular weight is 594 g/mol. The standard InChI is InChI=1S/C23H18Cl4F2N4O4/c1-32(37)20(35)17-16(19(34)30-12-3-9(24)2-10(25)4-12)15-7-22(28,29)8-33(15)23(17)13-5-11(26)6-14(27)18(13)31-21(23)36/h2-6,15-17,37H,7-8H2,1H3,(H,30,34)(H,31,36). The number of amides is 3.